The maximum absolute atomic E-state index is 12.6. The Morgan fingerprint density at radius 3 is 2.67 bits per heavy atom. The first-order valence-electron chi connectivity index (χ1n) is 9.18. The van der Waals surface area contributed by atoms with Crippen LogP contribution in [0, 0.1) is 12.8 Å². The second kappa shape index (κ2) is 8.72. The van der Waals surface area contributed by atoms with Crippen LogP contribution in [-0.2, 0) is 9.59 Å². The fourth-order valence-corrected chi connectivity index (χ4v) is 3.53. The van der Waals surface area contributed by atoms with Gasteiger partial charge in [0.25, 0.3) is 11.9 Å². The van der Waals surface area contributed by atoms with E-state index in [2.05, 4.69) is 26.0 Å². The van der Waals surface area contributed by atoms with Crippen molar-refractivity contribution in [3.8, 4) is 0 Å². The zero-order valence-corrected chi connectivity index (χ0v) is 15.3. The van der Waals surface area contributed by atoms with E-state index in [9.17, 15) is 14.8 Å². The van der Waals surface area contributed by atoms with E-state index in [-0.39, 0.29) is 18.3 Å². The first-order valence-corrected chi connectivity index (χ1v) is 9.18. The SMILES string of the molecule is Cc1ccc2nc(NNC(=O)C(C3CCCCCC3)N(O)C=O)nnc2c1. The third-order valence-electron chi connectivity index (χ3n) is 4.92. The highest BCUT2D eigenvalue weighted by molar-refractivity contribution is 5.84. The first kappa shape index (κ1) is 19.0. The molecule has 1 aromatic carbocycles. The number of hydrogen-bond acceptors (Lipinski definition) is 7. The van der Waals surface area contributed by atoms with Crippen molar-refractivity contribution in [2.24, 2.45) is 5.92 Å². The summed E-state index contributed by atoms with van der Waals surface area (Å²) in [5, 5.41) is 18.4. The van der Waals surface area contributed by atoms with Gasteiger partial charge >= 0.3 is 0 Å². The molecule has 3 N–H and O–H groups in total. The Bertz CT molecular complexity index is 807. The lowest BCUT2D eigenvalue weighted by Crippen LogP contribution is -2.51. The quantitative estimate of drug-likeness (QED) is 0.307. The fraction of sp³-hybridized carbons (Fsp3) is 0.500. The molecule has 0 spiro atoms. The zero-order chi connectivity index (χ0) is 19.2. The monoisotopic (exact) mass is 372 g/mol. The Balaban J connectivity index is 1.69. The molecule has 3 rings (SSSR count). The molecule has 1 heterocycles. The van der Waals surface area contributed by atoms with Crippen molar-refractivity contribution in [2.45, 2.75) is 51.5 Å². The number of aryl methyl sites for hydroxylation is 1. The van der Waals surface area contributed by atoms with Gasteiger partial charge in [0.15, 0.2) is 0 Å². The van der Waals surface area contributed by atoms with E-state index in [1.54, 1.807) is 0 Å². The molecule has 1 aromatic heterocycles. The number of aromatic nitrogens is 3. The summed E-state index contributed by atoms with van der Waals surface area (Å²) in [7, 11) is 0. The molecule has 1 unspecified atom stereocenters. The zero-order valence-electron chi connectivity index (χ0n) is 15.3. The van der Waals surface area contributed by atoms with Gasteiger partial charge in [-0.1, -0.05) is 31.7 Å². The molecule has 0 radical (unpaired) electrons. The number of rotatable bonds is 6. The minimum Gasteiger partial charge on any atom is -0.285 e. The molecule has 9 heteroatoms. The van der Waals surface area contributed by atoms with Gasteiger partial charge in [-0.25, -0.2) is 10.0 Å². The fourth-order valence-electron chi connectivity index (χ4n) is 3.53. The van der Waals surface area contributed by atoms with Crippen molar-refractivity contribution < 1.29 is 14.8 Å². The Morgan fingerprint density at radius 2 is 1.96 bits per heavy atom. The van der Waals surface area contributed by atoms with Gasteiger partial charge in [0, 0.05) is 0 Å². The number of carbonyl (C=O) groups excluding carboxylic acids is 2. The van der Waals surface area contributed by atoms with Crippen LogP contribution in [0.15, 0.2) is 18.2 Å². The number of anilines is 1. The van der Waals surface area contributed by atoms with Crippen molar-refractivity contribution in [1.29, 1.82) is 0 Å². The third kappa shape index (κ3) is 4.68. The van der Waals surface area contributed by atoms with E-state index in [4.69, 9.17) is 0 Å². The van der Waals surface area contributed by atoms with Crippen LogP contribution < -0.4 is 10.9 Å². The molecule has 1 aliphatic rings. The number of nitrogens with zero attached hydrogens (tertiary/aromatic N) is 4. The van der Waals surface area contributed by atoms with E-state index in [1.807, 2.05) is 25.1 Å². The first-order chi connectivity index (χ1) is 13.1. The largest absolute Gasteiger partial charge is 0.285 e. The van der Waals surface area contributed by atoms with Crippen LogP contribution in [0.25, 0.3) is 11.0 Å². The molecular weight excluding hydrogens is 348 g/mol. The number of hydrazine groups is 1. The lowest BCUT2D eigenvalue weighted by Gasteiger charge is -2.28. The number of hydrogen-bond donors (Lipinski definition) is 3. The van der Waals surface area contributed by atoms with Gasteiger partial charge in [-0.15, -0.1) is 10.2 Å². The van der Waals surface area contributed by atoms with E-state index < -0.39 is 11.9 Å². The summed E-state index contributed by atoms with van der Waals surface area (Å²) < 4.78 is 0. The van der Waals surface area contributed by atoms with Crippen LogP contribution in [0.5, 0.6) is 0 Å². The van der Waals surface area contributed by atoms with Crippen LogP contribution in [0.4, 0.5) is 5.95 Å². The molecule has 2 aromatic rings. The van der Waals surface area contributed by atoms with Gasteiger partial charge in [0.05, 0.1) is 5.52 Å². The minimum absolute atomic E-state index is 0.0943. The number of nitrogens with one attached hydrogen (secondary N) is 2. The van der Waals surface area contributed by atoms with Crippen molar-refractivity contribution in [2.75, 3.05) is 5.43 Å². The van der Waals surface area contributed by atoms with E-state index in [0.717, 1.165) is 44.1 Å². The van der Waals surface area contributed by atoms with Crippen molar-refractivity contribution in [3.63, 3.8) is 0 Å². The predicted octanol–water partition coefficient (Wildman–Crippen LogP) is 1.96. The smallest absolute Gasteiger partial charge is 0.264 e. The average molecular weight is 372 g/mol. The molecule has 0 aliphatic heterocycles. The number of hydroxylamine groups is 2. The number of fused-ring (bicyclic) bond motifs is 1. The van der Waals surface area contributed by atoms with Crippen molar-refractivity contribution >= 4 is 29.3 Å². The molecule has 1 aliphatic carbocycles. The number of amides is 2. The van der Waals surface area contributed by atoms with E-state index in [0.29, 0.717) is 16.1 Å². The Hall–Kier alpha value is -2.81. The van der Waals surface area contributed by atoms with Crippen LogP contribution >= 0.6 is 0 Å². The second-order valence-electron chi connectivity index (χ2n) is 6.92. The molecule has 144 valence electrons. The molecule has 0 bridgehead atoms. The van der Waals surface area contributed by atoms with Crippen LogP contribution in [0.2, 0.25) is 0 Å². The Labute approximate surface area is 157 Å². The molecule has 9 nitrogen and oxygen atoms in total. The minimum atomic E-state index is -0.954. The maximum Gasteiger partial charge on any atom is 0.264 e. The summed E-state index contributed by atoms with van der Waals surface area (Å²) in [6.45, 7) is 1.95. The van der Waals surface area contributed by atoms with E-state index >= 15 is 0 Å². The van der Waals surface area contributed by atoms with Crippen molar-refractivity contribution in [1.82, 2.24) is 25.7 Å². The summed E-state index contributed by atoms with van der Waals surface area (Å²) >= 11 is 0. The standard InChI is InChI=1S/C18H24N6O3/c1-12-8-9-14-15(10-12)20-22-18(19-14)23-21-17(26)16(24(27)11-25)13-6-4-2-3-5-7-13/h8-11,13,16,27H,2-7H2,1H3,(H,21,26)(H,19,22,23). The summed E-state index contributed by atoms with van der Waals surface area (Å²) in [5.41, 5.74) is 7.47. The predicted molar refractivity (Wildman–Crippen MR) is 98.5 cm³/mol. The lowest BCUT2D eigenvalue weighted by molar-refractivity contribution is -0.172. The van der Waals surface area contributed by atoms with Gasteiger partial charge in [0.1, 0.15) is 11.6 Å². The summed E-state index contributed by atoms with van der Waals surface area (Å²) in [5.74, 6) is -0.470. The number of carbonyl (C=O) groups is 2. The summed E-state index contributed by atoms with van der Waals surface area (Å²) in [6.07, 6.45) is 6.01. The van der Waals surface area contributed by atoms with Gasteiger partial charge in [-0.3, -0.25) is 25.6 Å². The van der Waals surface area contributed by atoms with Gasteiger partial charge < -0.3 is 0 Å². The molecular formula is C18H24N6O3. The highest BCUT2D eigenvalue weighted by Crippen LogP contribution is 2.27. The molecule has 1 atom stereocenters. The number of benzene rings is 1. The van der Waals surface area contributed by atoms with Crippen molar-refractivity contribution in [3.05, 3.63) is 23.8 Å². The Kier molecular flexibility index (Phi) is 6.12. The Morgan fingerprint density at radius 1 is 1.22 bits per heavy atom. The topological polar surface area (TPSA) is 120 Å². The van der Waals surface area contributed by atoms with Crippen LogP contribution in [0.1, 0.15) is 44.1 Å². The van der Waals surface area contributed by atoms with E-state index in [1.165, 1.54) is 0 Å². The highest BCUT2D eigenvalue weighted by Gasteiger charge is 2.33. The molecule has 27 heavy (non-hydrogen) atoms. The molecule has 0 saturated heterocycles. The molecule has 2 amide bonds. The average Bonchev–Trinajstić information content (AvgIpc) is 2.95. The maximum atomic E-state index is 12.6. The third-order valence-corrected chi connectivity index (χ3v) is 4.92. The molecule has 1 saturated carbocycles. The highest BCUT2D eigenvalue weighted by atomic mass is 16.5. The molecule has 1 fully saturated rings. The van der Waals surface area contributed by atoms with Crippen LogP contribution in [0.3, 0.4) is 0 Å². The summed E-state index contributed by atoms with van der Waals surface area (Å²) in [6, 6.07) is 4.65. The van der Waals surface area contributed by atoms with Gasteiger partial charge in [-0.2, -0.15) is 0 Å². The normalized spacial score (nSPS) is 16.4. The summed E-state index contributed by atoms with van der Waals surface area (Å²) in [4.78, 5) is 28.0. The van der Waals surface area contributed by atoms with Gasteiger partial charge in [0.2, 0.25) is 6.41 Å². The van der Waals surface area contributed by atoms with Gasteiger partial charge in [-0.05, 0) is 43.4 Å². The lowest BCUT2D eigenvalue weighted by atomic mass is 9.91. The second-order valence-corrected chi connectivity index (χ2v) is 6.92. The van der Waals surface area contributed by atoms with Crippen LogP contribution in [-0.4, -0.2) is 43.8 Å².